The predicted octanol–water partition coefficient (Wildman–Crippen LogP) is 8.59. The van der Waals surface area contributed by atoms with Crippen LogP contribution in [0.1, 0.15) is 127 Å². The topological polar surface area (TPSA) is 125 Å². The molecule has 2 aromatic carbocycles. The molecule has 2 amide bonds. The predicted molar refractivity (Wildman–Crippen MR) is 194 cm³/mol. The Bertz CT molecular complexity index is 1890. The number of aromatic nitrogens is 4. The van der Waals surface area contributed by atoms with E-state index < -0.39 is 22.8 Å². The number of likely N-dealkylation sites (tertiary alicyclic amines) is 1. The van der Waals surface area contributed by atoms with Crippen LogP contribution in [0.3, 0.4) is 0 Å². The quantitative estimate of drug-likeness (QED) is 0.187. The minimum absolute atomic E-state index is 0.0871. The number of nitrogens with zero attached hydrogens (tertiary/aromatic N) is 3. The molecule has 10 nitrogen and oxygen atoms in total. The number of rotatable bonds is 6. The highest BCUT2D eigenvalue weighted by Gasteiger charge is 2.40. The number of hydrogen-bond donors (Lipinski definition) is 3. The van der Waals surface area contributed by atoms with Crippen molar-refractivity contribution in [2.24, 2.45) is 0 Å². The minimum Gasteiger partial charge on any atom is -0.444 e. The van der Waals surface area contributed by atoms with Crippen LogP contribution in [0.5, 0.6) is 0 Å². The van der Waals surface area contributed by atoms with Gasteiger partial charge in [-0.15, -0.1) is 0 Å². The van der Waals surface area contributed by atoms with Gasteiger partial charge in [-0.1, -0.05) is 43.5 Å². The van der Waals surface area contributed by atoms with E-state index in [1.54, 1.807) is 0 Å². The summed E-state index contributed by atoms with van der Waals surface area (Å²) in [6.07, 6.45) is 9.76. The molecular formula is C40H52N6O4. The molecule has 50 heavy (non-hydrogen) atoms. The first-order chi connectivity index (χ1) is 23.8. The third-order valence-electron chi connectivity index (χ3n) is 10.2. The van der Waals surface area contributed by atoms with Crippen molar-refractivity contribution in [1.82, 2.24) is 30.2 Å². The van der Waals surface area contributed by atoms with Gasteiger partial charge in [-0.05, 0) is 122 Å². The van der Waals surface area contributed by atoms with Crippen molar-refractivity contribution in [3.63, 3.8) is 0 Å². The molecule has 10 heteroatoms. The lowest BCUT2D eigenvalue weighted by molar-refractivity contribution is 0.0218. The molecular weight excluding hydrogens is 628 g/mol. The van der Waals surface area contributed by atoms with E-state index in [0.717, 1.165) is 105 Å². The Morgan fingerprint density at radius 2 is 1.60 bits per heavy atom. The Labute approximate surface area is 295 Å². The summed E-state index contributed by atoms with van der Waals surface area (Å²) in [6, 6.07) is 13.2. The summed E-state index contributed by atoms with van der Waals surface area (Å²) in [6.45, 7) is 12.1. The molecule has 2 aromatic heterocycles. The average Bonchev–Trinajstić information content (AvgIpc) is 3.80. The first-order valence-corrected chi connectivity index (χ1v) is 18.5. The number of aromatic amines is 2. The summed E-state index contributed by atoms with van der Waals surface area (Å²) >= 11 is 0. The Hall–Kier alpha value is -4.34. The lowest BCUT2D eigenvalue weighted by atomic mass is 9.81. The zero-order chi connectivity index (χ0) is 35.3. The Balaban J connectivity index is 1.04. The fourth-order valence-electron chi connectivity index (χ4n) is 7.88. The number of fused-ring (bicyclic) bond motifs is 4. The summed E-state index contributed by atoms with van der Waals surface area (Å²) in [7, 11) is 0. The van der Waals surface area contributed by atoms with Gasteiger partial charge in [-0.25, -0.2) is 19.6 Å². The largest absolute Gasteiger partial charge is 0.444 e. The monoisotopic (exact) mass is 680 g/mol. The van der Waals surface area contributed by atoms with Gasteiger partial charge in [0.1, 0.15) is 28.4 Å². The zero-order valence-electron chi connectivity index (χ0n) is 30.5. The maximum atomic E-state index is 12.9. The van der Waals surface area contributed by atoms with E-state index in [2.05, 4.69) is 51.7 Å². The number of ether oxygens (including phenoxy) is 2. The molecule has 0 bridgehead atoms. The van der Waals surface area contributed by atoms with Crippen LogP contribution in [0.4, 0.5) is 9.59 Å². The van der Waals surface area contributed by atoms with Crippen LogP contribution in [-0.4, -0.2) is 54.8 Å². The van der Waals surface area contributed by atoms with Gasteiger partial charge in [0.25, 0.3) is 0 Å². The lowest BCUT2D eigenvalue weighted by Gasteiger charge is -2.36. The van der Waals surface area contributed by atoms with Crippen LogP contribution in [-0.2, 0) is 40.7 Å². The normalized spacial score (nSPS) is 18.8. The number of alkyl carbamates (subject to hydrolysis) is 1. The number of nitrogens with one attached hydrogen (secondary N) is 3. The van der Waals surface area contributed by atoms with Gasteiger partial charge in [0, 0.05) is 17.8 Å². The Kier molecular flexibility index (Phi) is 8.93. The second kappa shape index (κ2) is 13.1. The van der Waals surface area contributed by atoms with Crippen LogP contribution >= 0.6 is 0 Å². The Morgan fingerprint density at radius 3 is 2.34 bits per heavy atom. The molecule has 0 unspecified atom stereocenters. The van der Waals surface area contributed by atoms with Crippen LogP contribution in [0, 0.1) is 0 Å². The molecule has 266 valence electrons. The van der Waals surface area contributed by atoms with Gasteiger partial charge >= 0.3 is 12.2 Å². The molecule has 7 rings (SSSR count). The van der Waals surface area contributed by atoms with Crippen molar-refractivity contribution in [3.8, 4) is 11.3 Å². The van der Waals surface area contributed by atoms with Gasteiger partial charge in [0.2, 0.25) is 0 Å². The van der Waals surface area contributed by atoms with E-state index in [-0.39, 0.29) is 12.1 Å². The SMILES string of the molecule is CC(C)(C)OC(=O)NC1(c2nc3ccc(CCc4ccc5c(c4)CCc4[nH]c([C@@H]6CCCN6C(=O)OC(C)(C)C)nc4-5)cc3[nH]2)CCCCC1. The van der Waals surface area contributed by atoms with E-state index >= 15 is 0 Å². The first-order valence-electron chi connectivity index (χ1n) is 18.5. The number of carbonyl (C=O) groups excluding carboxylic acids is 2. The Morgan fingerprint density at radius 1 is 0.880 bits per heavy atom. The van der Waals surface area contributed by atoms with Crippen LogP contribution < -0.4 is 5.32 Å². The van der Waals surface area contributed by atoms with Gasteiger partial charge in [-0.3, -0.25) is 4.90 Å². The van der Waals surface area contributed by atoms with Crippen LogP contribution in [0.15, 0.2) is 36.4 Å². The molecule has 2 aliphatic carbocycles. The van der Waals surface area contributed by atoms with Crippen molar-refractivity contribution in [2.45, 2.75) is 135 Å². The second-order valence-corrected chi connectivity index (χ2v) is 16.5. The van der Waals surface area contributed by atoms with Crippen molar-refractivity contribution in [3.05, 3.63) is 70.4 Å². The third kappa shape index (κ3) is 7.25. The second-order valence-electron chi connectivity index (χ2n) is 16.5. The first kappa shape index (κ1) is 34.1. The lowest BCUT2D eigenvalue weighted by Crippen LogP contribution is -2.49. The molecule has 3 N–H and O–H groups in total. The summed E-state index contributed by atoms with van der Waals surface area (Å²) in [5, 5.41) is 3.21. The van der Waals surface area contributed by atoms with Gasteiger partial charge in [0.05, 0.1) is 22.8 Å². The zero-order valence-corrected chi connectivity index (χ0v) is 30.5. The highest BCUT2D eigenvalue weighted by atomic mass is 16.6. The molecule has 3 heterocycles. The number of H-pyrrole nitrogens is 2. The number of benzene rings is 2. The fraction of sp³-hybridized carbons (Fsp3) is 0.550. The number of imidazole rings is 2. The van der Waals surface area contributed by atoms with Crippen LogP contribution in [0.2, 0.25) is 0 Å². The summed E-state index contributed by atoms with van der Waals surface area (Å²) in [5.41, 5.74) is 7.49. The van der Waals surface area contributed by atoms with E-state index in [0.29, 0.717) is 6.54 Å². The molecule has 2 fully saturated rings. The molecule has 4 aromatic rings. The van der Waals surface area contributed by atoms with E-state index in [1.165, 1.54) is 22.3 Å². The molecule has 0 radical (unpaired) electrons. The smallest absolute Gasteiger partial charge is 0.410 e. The highest BCUT2D eigenvalue weighted by molar-refractivity contribution is 5.77. The molecule has 0 spiro atoms. The number of aryl methyl sites for hydroxylation is 4. The highest BCUT2D eigenvalue weighted by Crippen LogP contribution is 2.39. The van der Waals surface area contributed by atoms with Crippen LogP contribution in [0.25, 0.3) is 22.3 Å². The third-order valence-corrected chi connectivity index (χ3v) is 10.2. The standard InChI is InChI=1S/C40H52N6O4/c1-38(2,3)49-36(47)45-40(20-8-7-9-21-40)35-42-29-18-15-26(24-31(29)43-35)13-12-25-14-17-28-27(23-25)16-19-30-33(28)44-34(41-30)32-11-10-22-46(32)37(48)50-39(4,5)6/h14-15,17-18,23-24,32H,7-13,16,19-22H2,1-6H3,(H,41,44)(H,42,43)(H,45,47)/t32-/m0/s1. The molecule has 1 aliphatic heterocycles. The van der Waals surface area contributed by atoms with Gasteiger partial charge in [0.15, 0.2) is 0 Å². The maximum absolute atomic E-state index is 12.9. The van der Waals surface area contributed by atoms with Gasteiger partial charge < -0.3 is 24.8 Å². The fourth-order valence-corrected chi connectivity index (χ4v) is 7.88. The number of amides is 2. The summed E-state index contributed by atoms with van der Waals surface area (Å²) < 4.78 is 11.3. The molecule has 3 aliphatic rings. The maximum Gasteiger partial charge on any atom is 0.410 e. The number of carbonyl (C=O) groups is 2. The van der Waals surface area contributed by atoms with Crippen molar-refractivity contribution >= 4 is 23.2 Å². The van der Waals surface area contributed by atoms with Gasteiger partial charge in [-0.2, -0.15) is 0 Å². The van der Waals surface area contributed by atoms with E-state index in [9.17, 15) is 9.59 Å². The van der Waals surface area contributed by atoms with Crippen molar-refractivity contribution in [1.29, 1.82) is 0 Å². The molecule has 1 saturated carbocycles. The average molecular weight is 681 g/mol. The minimum atomic E-state index is -0.561. The van der Waals surface area contributed by atoms with Crippen molar-refractivity contribution < 1.29 is 19.1 Å². The van der Waals surface area contributed by atoms with Crippen molar-refractivity contribution in [2.75, 3.05) is 6.54 Å². The summed E-state index contributed by atoms with van der Waals surface area (Å²) in [4.78, 5) is 44.9. The van der Waals surface area contributed by atoms with E-state index in [1.807, 2.05) is 46.4 Å². The molecule has 1 atom stereocenters. The number of hydrogen-bond acceptors (Lipinski definition) is 6. The van der Waals surface area contributed by atoms with E-state index in [4.69, 9.17) is 19.4 Å². The molecule has 1 saturated heterocycles. The summed E-state index contributed by atoms with van der Waals surface area (Å²) in [5.74, 6) is 1.68.